The summed E-state index contributed by atoms with van der Waals surface area (Å²) in [5.41, 5.74) is 2.63. The van der Waals surface area contributed by atoms with Crippen LogP contribution in [0.15, 0.2) is 54.6 Å². The van der Waals surface area contributed by atoms with Crippen LogP contribution in [0.2, 0.25) is 0 Å². The molecule has 3 aromatic rings. The summed E-state index contributed by atoms with van der Waals surface area (Å²) in [5, 5.41) is 2.92. The summed E-state index contributed by atoms with van der Waals surface area (Å²) in [6.45, 7) is 2.68. The highest BCUT2D eigenvalue weighted by molar-refractivity contribution is 5.93. The highest BCUT2D eigenvalue weighted by atomic mass is 16.2. The Bertz CT molecular complexity index is 950. The molecule has 0 radical (unpaired) electrons. The molecule has 2 amide bonds. The van der Waals surface area contributed by atoms with Crippen molar-refractivity contribution in [1.82, 2.24) is 14.9 Å². The van der Waals surface area contributed by atoms with E-state index in [0.717, 1.165) is 29.0 Å². The number of hydrogen-bond acceptors (Lipinski definition) is 3. The number of hydrogen-bond donors (Lipinski definition) is 1. The largest absolute Gasteiger partial charge is 0.356 e. The molecule has 1 heterocycles. The van der Waals surface area contributed by atoms with Crippen molar-refractivity contribution in [3.63, 3.8) is 0 Å². The second kappa shape index (κ2) is 9.17. The molecule has 6 heteroatoms. The number of carbonyl (C=O) groups is 2. The van der Waals surface area contributed by atoms with Gasteiger partial charge in [0.15, 0.2) is 0 Å². The van der Waals surface area contributed by atoms with Crippen LogP contribution in [0.25, 0.3) is 11.0 Å². The molecule has 1 N–H and O–H groups in total. The van der Waals surface area contributed by atoms with Crippen molar-refractivity contribution < 1.29 is 9.59 Å². The maximum Gasteiger partial charge on any atom is 0.246 e. The van der Waals surface area contributed by atoms with E-state index in [1.54, 1.807) is 11.9 Å². The summed E-state index contributed by atoms with van der Waals surface area (Å²) in [6.07, 6.45) is 1.92. The standard InChI is InChI=1S/C22H26N4O2/c1-3-9-21(27)23-15-14-20-24-18-12-7-8-13-19(18)26(20)16-22(28)25(2)17-10-5-4-6-11-17/h4-8,10-13H,3,9,14-16H2,1-2H3,(H,23,27). The van der Waals surface area contributed by atoms with Crippen LogP contribution in [0.5, 0.6) is 0 Å². The Balaban J connectivity index is 1.78. The first-order chi connectivity index (χ1) is 13.6. The summed E-state index contributed by atoms with van der Waals surface area (Å²) >= 11 is 0. The predicted molar refractivity (Wildman–Crippen MR) is 111 cm³/mol. The van der Waals surface area contributed by atoms with Crippen molar-refractivity contribution in [2.75, 3.05) is 18.5 Å². The predicted octanol–water partition coefficient (Wildman–Crippen LogP) is 3.16. The maximum absolute atomic E-state index is 12.9. The van der Waals surface area contributed by atoms with Crippen LogP contribution >= 0.6 is 0 Å². The summed E-state index contributed by atoms with van der Waals surface area (Å²) in [6, 6.07) is 17.4. The van der Waals surface area contributed by atoms with Crippen LogP contribution in [-0.4, -0.2) is 35.0 Å². The fourth-order valence-corrected chi connectivity index (χ4v) is 3.16. The molecular formula is C22H26N4O2. The van der Waals surface area contributed by atoms with Gasteiger partial charge in [-0.05, 0) is 30.7 Å². The van der Waals surface area contributed by atoms with E-state index in [2.05, 4.69) is 10.3 Å². The number of fused-ring (bicyclic) bond motifs is 1. The van der Waals surface area contributed by atoms with Crippen molar-refractivity contribution >= 4 is 28.5 Å². The van der Waals surface area contributed by atoms with Gasteiger partial charge in [-0.1, -0.05) is 37.3 Å². The van der Waals surface area contributed by atoms with Gasteiger partial charge in [-0.15, -0.1) is 0 Å². The van der Waals surface area contributed by atoms with Gasteiger partial charge in [0.2, 0.25) is 11.8 Å². The molecule has 28 heavy (non-hydrogen) atoms. The fourth-order valence-electron chi connectivity index (χ4n) is 3.16. The minimum atomic E-state index is -0.0226. The van der Waals surface area contributed by atoms with Gasteiger partial charge in [-0.25, -0.2) is 4.98 Å². The molecule has 0 aliphatic rings. The molecule has 0 unspecified atom stereocenters. The molecule has 0 aliphatic heterocycles. The molecular weight excluding hydrogens is 352 g/mol. The number of aromatic nitrogens is 2. The molecule has 0 atom stereocenters. The molecule has 1 aromatic heterocycles. The Morgan fingerprint density at radius 3 is 2.54 bits per heavy atom. The number of amides is 2. The van der Waals surface area contributed by atoms with Gasteiger partial charge in [-0.3, -0.25) is 9.59 Å². The normalized spacial score (nSPS) is 10.8. The van der Waals surface area contributed by atoms with E-state index in [1.165, 1.54) is 0 Å². The zero-order valence-corrected chi connectivity index (χ0v) is 16.4. The zero-order chi connectivity index (χ0) is 19.9. The summed E-state index contributed by atoms with van der Waals surface area (Å²) in [5.74, 6) is 0.823. The molecule has 0 aliphatic carbocycles. The second-order valence-electron chi connectivity index (χ2n) is 6.74. The van der Waals surface area contributed by atoms with E-state index in [-0.39, 0.29) is 18.4 Å². The molecule has 0 bridgehead atoms. The minimum absolute atomic E-state index is 0.0226. The molecule has 6 nitrogen and oxygen atoms in total. The number of para-hydroxylation sites is 3. The topological polar surface area (TPSA) is 67.2 Å². The van der Waals surface area contributed by atoms with Crippen molar-refractivity contribution in [3.05, 3.63) is 60.4 Å². The average Bonchev–Trinajstić information content (AvgIpc) is 3.05. The SMILES string of the molecule is CCCC(=O)NCCc1nc2ccccc2n1CC(=O)N(C)c1ccccc1. The van der Waals surface area contributed by atoms with E-state index in [9.17, 15) is 9.59 Å². The van der Waals surface area contributed by atoms with Gasteiger partial charge in [-0.2, -0.15) is 0 Å². The van der Waals surface area contributed by atoms with Crippen LogP contribution in [0.4, 0.5) is 5.69 Å². The van der Waals surface area contributed by atoms with Gasteiger partial charge in [0.05, 0.1) is 11.0 Å². The van der Waals surface area contributed by atoms with Crippen molar-refractivity contribution in [1.29, 1.82) is 0 Å². The fraction of sp³-hybridized carbons (Fsp3) is 0.318. The number of rotatable bonds is 8. The van der Waals surface area contributed by atoms with Gasteiger partial charge in [0, 0.05) is 32.1 Å². The van der Waals surface area contributed by atoms with E-state index >= 15 is 0 Å². The van der Waals surface area contributed by atoms with Crippen LogP contribution < -0.4 is 10.2 Å². The van der Waals surface area contributed by atoms with Gasteiger partial charge < -0.3 is 14.8 Å². The highest BCUT2D eigenvalue weighted by Crippen LogP contribution is 2.18. The van der Waals surface area contributed by atoms with Gasteiger partial charge in [0.25, 0.3) is 0 Å². The number of imidazole rings is 1. The summed E-state index contributed by atoms with van der Waals surface area (Å²) < 4.78 is 1.95. The molecule has 0 fully saturated rings. The number of nitrogens with zero attached hydrogens (tertiary/aromatic N) is 3. The van der Waals surface area contributed by atoms with Crippen LogP contribution in [0, 0.1) is 0 Å². The van der Waals surface area contributed by atoms with Crippen LogP contribution in [0.3, 0.4) is 0 Å². The van der Waals surface area contributed by atoms with Gasteiger partial charge in [0.1, 0.15) is 12.4 Å². The Morgan fingerprint density at radius 1 is 1.07 bits per heavy atom. The van der Waals surface area contributed by atoms with Crippen molar-refractivity contribution in [3.8, 4) is 0 Å². The first-order valence-corrected chi connectivity index (χ1v) is 9.62. The lowest BCUT2D eigenvalue weighted by Gasteiger charge is -2.18. The van der Waals surface area contributed by atoms with E-state index in [1.807, 2.05) is 66.1 Å². The first kappa shape index (κ1) is 19.6. The lowest BCUT2D eigenvalue weighted by atomic mass is 10.3. The molecule has 0 saturated heterocycles. The quantitative estimate of drug-likeness (QED) is 0.655. The number of likely N-dealkylation sites (N-methyl/N-ethyl adjacent to an activating group) is 1. The number of carbonyl (C=O) groups excluding carboxylic acids is 2. The first-order valence-electron chi connectivity index (χ1n) is 9.62. The third-order valence-corrected chi connectivity index (χ3v) is 4.69. The Kier molecular flexibility index (Phi) is 6.42. The summed E-state index contributed by atoms with van der Waals surface area (Å²) in [7, 11) is 1.78. The lowest BCUT2D eigenvalue weighted by molar-refractivity contribution is -0.121. The maximum atomic E-state index is 12.9. The Labute approximate surface area is 165 Å². The molecule has 0 saturated carbocycles. The monoisotopic (exact) mass is 378 g/mol. The average molecular weight is 378 g/mol. The lowest BCUT2D eigenvalue weighted by Crippen LogP contribution is -2.31. The number of benzene rings is 2. The zero-order valence-electron chi connectivity index (χ0n) is 16.4. The van der Waals surface area contributed by atoms with Crippen molar-refractivity contribution in [2.24, 2.45) is 0 Å². The van der Waals surface area contributed by atoms with E-state index in [4.69, 9.17) is 0 Å². The molecule has 3 rings (SSSR count). The van der Waals surface area contributed by atoms with E-state index < -0.39 is 0 Å². The van der Waals surface area contributed by atoms with Gasteiger partial charge >= 0.3 is 0 Å². The van der Waals surface area contributed by atoms with Crippen molar-refractivity contribution in [2.45, 2.75) is 32.7 Å². The smallest absolute Gasteiger partial charge is 0.246 e. The Hall–Kier alpha value is -3.15. The van der Waals surface area contributed by atoms with Crippen LogP contribution in [-0.2, 0) is 22.6 Å². The highest BCUT2D eigenvalue weighted by Gasteiger charge is 2.17. The van der Waals surface area contributed by atoms with Crippen LogP contribution in [0.1, 0.15) is 25.6 Å². The van der Waals surface area contributed by atoms with E-state index in [0.29, 0.717) is 19.4 Å². The molecule has 2 aromatic carbocycles. The molecule has 0 spiro atoms. The third kappa shape index (κ3) is 4.57. The number of nitrogens with one attached hydrogen (secondary N) is 1. The molecule has 146 valence electrons. The second-order valence-corrected chi connectivity index (χ2v) is 6.74. The third-order valence-electron chi connectivity index (χ3n) is 4.69. The Morgan fingerprint density at radius 2 is 1.79 bits per heavy atom. The summed E-state index contributed by atoms with van der Waals surface area (Å²) in [4.78, 5) is 30.9. The number of anilines is 1. The minimum Gasteiger partial charge on any atom is -0.356 e.